The highest BCUT2D eigenvalue weighted by Crippen LogP contribution is 2.20. The molecule has 1 aromatic rings. The largest absolute Gasteiger partial charge is 0.480 e. The average molecular weight is 262 g/mol. The van der Waals surface area contributed by atoms with E-state index in [1.54, 1.807) is 12.1 Å². The number of carboxylic acid groups (broad SMARTS) is 1. The molecule has 1 heterocycles. The van der Waals surface area contributed by atoms with Gasteiger partial charge in [-0.05, 0) is 32.0 Å². The van der Waals surface area contributed by atoms with Gasteiger partial charge in [0.1, 0.15) is 6.54 Å². The van der Waals surface area contributed by atoms with Crippen LogP contribution in [0, 0.1) is 12.8 Å². The van der Waals surface area contributed by atoms with Crippen LogP contribution in [0.5, 0.6) is 0 Å². The minimum Gasteiger partial charge on any atom is -0.480 e. The normalized spacial score (nSPS) is 18.3. The van der Waals surface area contributed by atoms with E-state index in [4.69, 9.17) is 5.11 Å². The Bertz CT molecular complexity index is 464. The van der Waals surface area contributed by atoms with Crippen molar-refractivity contribution in [1.82, 2.24) is 5.32 Å². The van der Waals surface area contributed by atoms with Gasteiger partial charge in [0.15, 0.2) is 0 Å². The highest BCUT2D eigenvalue weighted by molar-refractivity contribution is 5.99. The lowest BCUT2D eigenvalue weighted by Crippen LogP contribution is -2.40. The summed E-state index contributed by atoms with van der Waals surface area (Å²) in [6, 6.07) is 7.34. The molecule has 1 unspecified atom stereocenters. The van der Waals surface area contributed by atoms with Gasteiger partial charge in [0.25, 0.3) is 0 Å². The number of amides is 1. The Hall–Kier alpha value is -1.88. The van der Waals surface area contributed by atoms with E-state index in [0.29, 0.717) is 12.2 Å². The molecule has 2 N–H and O–H groups in total. The summed E-state index contributed by atoms with van der Waals surface area (Å²) in [5.41, 5.74) is 1.72. The van der Waals surface area contributed by atoms with Gasteiger partial charge in [0, 0.05) is 12.2 Å². The molecule has 1 amide bonds. The summed E-state index contributed by atoms with van der Waals surface area (Å²) in [6.45, 7) is 3.10. The van der Waals surface area contributed by atoms with E-state index in [-0.39, 0.29) is 18.4 Å². The average Bonchev–Trinajstić information content (AvgIpc) is 2.90. The molecule has 19 heavy (non-hydrogen) atoms. The number of hydrogen-bond acceptors (Lipinski definition) is 3. The first kappa shape index (κ1) is 13.5. The van der Waals surface area contributed by atoms with Crippen molar-refractivity contribution in [1.29, 1.82) is 0 Å². The summed E-state index contributed by atoms with van der Waals surface area (Å²) in [5.74, 6) is -1.24. The first-order valence-electron chi connectivity index (χ1n) is 6.38. The van der Waals surface area contributed by atoms with Crippen molar-refractivity contribution in [3.63, 3.8) is 0 Å². The third kappa shape index (κ3) is 3.32. The highest BCUT2D eigenvalue weighted by Gasteiger charge is 2.29. The predicted molar refractivity (Wildman–Crippen MR) is 72.1 cm³/mol. The molecule has 0 aliphatic carbocycles. The number of aliphatic carboxylic acids is 1. The van der Waals surface area contributed by atoms with Crippen molar-refractivity contribution in [3.8, 4) is 0 Å². The molecule has 2 rings (SSSR count). The smallest absolute Gasteiger partial charge is 0.323 e. The summed E-state index contributed by atoms with van der Waals surface area (Å²) in [6.07, 6.45) is 0.765. The first-order valence-corrected chi connectivity index (χ1v) is 6.38. The number of rotatable bonds is 4. The topological polar surface area (TPSA) is 69.6 Å². The lowest BCUT2D eigenvalue weighted by atomic mass is 10.1. The molecule has 1 atom stereocenters. The van der Waals surface area contributed by atoms with Crippen LogP contribution in [0.1, 0.15) is 12.0 Å². The summed E-state index contributed by atoms with van der Waals surface area (Å²) < 4.78 is 0. The van der Waals surface area contributed by atoms with E-state index in [2.05, 4.69) is 5.32 Å². The molecule has 1 saturated heterocycles. The van der Waals surface area contributed by atoms with E-state index >= 15 is 0 Å². The van der Waals surface area contributed by atoms with Gasteiger partial charge in [-0.3, -0.25) is 9.59 Å². The van der Waals surface area contributed by atoms with Crippen molar-refractivity contribution < 1.29 is 14.7 Å². The quantitative estimate of drug-likeness (QED) is 0.850. The van der Waals surface area contributed by atoms with Crippen LogP contribution < -0.4 is 10.2 Å². The van der Waals surface area contributed by atoms with Gasteiger partial charge in [0.2, 0.25) is 5.91 Å². The van der Waals surface area contributed by atoms with Gasteiger partial charge in [-0.2, -0.15) is 0 Å². The van der Waals surface area contributed by atoms with Crippen molar-refractivity contribution in [2.24, 2.45) is 5.92 Å². The van der Waals surface area contributed by atoms with Crippen LogP contribution in [0.2, 0.25) is 0 Å². The van der Waals surface area contributed by atoms with Crippen molar-refractivity contribution in [2.75, 3.05) is 24.5 Å². The lowest BCUT2D eigenvalue weighted by Gasteiger charge is -2.24. The van der Waals surface area contributed by atoms with Crippen molar-refractivity contribution in [3.05, 3.63) is 29.8 Å². The van der Waals surface area contributed by atoms with E-state index in [9.17, 15) is 9.59 Å². The maximum absolute atomic E-state index is 12.4. The van der Waals surface area contributed by atoms with Crippen LogP contribution in [-0.4, -0.2) is 36.6 Å². The maximum atomic E-state index is 12.4. The Labute approximate surface area is 112 Å². The second-order valence-electron chi connectivity index (χ2n) is 4.84. The third-order valence-corrected chi connectivity index (χ3v) is 3.31. The molecule has 1 fully saturated rings. The van der Waals surface area contributed by atoms with Crippen LogP contribution in [-0.2, 0) is 9.59 Å². The molecule has 0 aromatic heterocycles. The van der Waals surface area contributed by atoms with Gasteiger partial charge in [-0.1, -0.05) is 17.7 Å². The summed E-state index contributed by atoms with van der Waals surface area (Å²) >= 11 is 0. The zero-order valence-electron chi connectivity index (χ0n) is 10.9. The number of carbonyl (C=O) groups excluding carboxylic acids is 1. The second-order valence-corrected chi connectivity index (χ2v) is 4.84. The minimum absolute atomic E-state index is 0.115. The number of aryl methyl sites for hydroxylation is 1. The van der Waals surface area contributed by atoms with Gasteiger partial charge in [0.05, 0.1) is 5.92 Å². The summed E-state index contributed by atoms with van der Waals surface area (Å²) in [5, 5.41) is 12.1. The molecular weight excluding hydrogens is 244 g/mol. The number of carbonyl (C=O) groups is 2. The van der Waals surface area contributed by atoms with Crippen molar-refractivity contribution >= 4 is 17.6 Å². The molecule has 0 spiro atoms. The number of nitrogens with zero attached hydrogens (tertiary/aromatic N) is 1. The lowest BCUT2D eigenvalue weighted by molar-refractivity contribution is -0.137. The van der Waals surface area contributed by atoms with Crippen LogP contribution in [0.15, 0.2) is 24.3 Å². The number of nitrogens with one attached hydrogen (secondary N) is 1. The molecule has 0 bridgehead atoms. The van der Waals surface area contributed by atoms with Crippen LogP contribution in [0.25, 0.3) is 0 Å². The Kier molecular flexibility index (Phi) is 4.16. The molecule has 1 aromatic carbocycles. The predicted octanol–water partition coefficient (Wildman–Crippen LogP) is 1.02. The number of benzene rings is 1. The van der Waals surface area contributed by atoms with E-state index < -0.39 is 5.97 Å². The molecule has 1 aliphatic rings. The molecule has 102 valence electrons. The second kappa shape index (κ2) is 5.84. The van der Waals surface area contributed by atoms with E-state index in [0.717, 1.165) is 18.5 Å². The minimum atomic E-state index is -1.00. The Morgan fingerprint density at radius 3 is 2.58 bits per heavy atom. The maximum Gasteiger partial charge on any atom is 0.323 e. The fourth-order valence-corrected chi connectivity index (χ4v) is 2.24. The standard InChI is InChI=1S/C14H18N2O3/c1-10-2-4-12(5-3-10)16(9-13(17)18)14(19)11-6-7-15-8-11/h2-5,11,15H,6-9H2,1H3,(H,17,18). The fourth-order valence-electron chi connectivity index (χ4n) is 2.24. The van der Waals surface area contributed by atoms with Crippen molar-refractivity contribution in [2.45, 2.75) is 13.3 Å². The molecule has 0 radical (unpaired) electrons. The number of hydrogen-bond donors (Lipinski definition) is 2. The number of carboxylic acids is 1. The van der Waals surface area contributed by atoms with Gasteiger partial charge < -0.3 is 15.3 Å². The number of anilines is 1. The summed E-state index contributed by atoms with van der Waals surface area (Å²) in [7, 11) is 0. The zero-order valence-corrected chi connectivity index (χ0v) is 10.9. The molecular formula is C14H18N2O3. The van der Waals surface area contributed by atoms with Crippen LogP contribution in [0.3, 0.4) is 0 Å². The molecule has 5 heteroatoms. The summed E-state index contributed by atoms with van der Waals surface area (Å²) in [4.78, 5) is 24.7. The van der Waals surface area contributed by atoms with Gasteiger partial charge in [-0.25, -0.2) is 0 Å². The van der Waals surface area contributed by atoms with E-state index in [1.807, 2.05) is 19.1 Å². The Balaban J connectivity index is 2.21. The molecule has 5 nitrogen and oxygen atoms in total. The van der Waals surface area contributed by atoms with E-state index in [1.165, 1.54) is 4.90 Å². The SMILES string of the molecule is Cc1ccc(N(CC(=O)O)C(=O)C2CCNC2)cc1. The molecule has 1 aliphatic heterocycles. The molecule has 0 saturated carbocycles. The zero-order chi connectivity index (χ0) is 13.8. The fraction of sp³-hybridized carbons (Fsp3) is 0.429. The highest BCUT2D eigenvalue weighted by atomic mass is 16.4. The van der Waals surface area contributed by atoms with Crippen LogP contribution in [0.4, 0.5) is 5.69 Å². The first-order chi connectivity index (χ1) is 9.08. The third-order valence-electron chi connectivity index (χ3n) is 3.31. The Morgan fingerprint density at radius 2 is 2.05 bits per heavy atom. The monoisotopic (exact) mass is 262 g/mol. The van der Waals surface area contributed by atoms with Gasteiger partial charge >= 0.3 is 5.97 Å². The Morgan fingerprint density at radius 1 is 1.37 bits per heavy atom. The van der Waals surface area contributed by atoms with Gasteiger partial charge in [-0.15, -0.1) is 0 Å². The van der Waals surface area contributed by atoms with Crippen LogP contribution >= 0.6 is 0 Å².